The van der Waals surface area contributed by atoms with E-state index in [9.17, 15) is 4.79 Å². The van der Waals surface area contributed by atoms with Crippen LogP contribution in [0.2, 0.25) is 0 Å². The molecule has 2 N–H and O–H groups in total. The summed E-state index contributed by atoms with van der Waals surface area (Å²) in [5, 5.41) is 0. The van der Waals surface area contributed by atoms with Crippen molar-refractivity contribution in [1.29, 1.82) is 0 Å². The molecule has 0 saturated carbocycles. The Kier molecular flexibility index (Phi) is 5.15. The fourth-order valence-electron chi connectivity index (χ4n) is 2.88. The van der Waals surface area contributed by atoms with Crippen LogP contribution in [0.4, 0.5) is 0 Å². The molecular formula is C16H25N3O. The number of rotatable bonds is 5. The molecule has 20 heavy (non-hydrogen) atoms. The summed E-state index contributed by atoms with van der Waals surface area (Å²) in [5.41, 5.74) is 7.45. The van der Waals surface area contributed by atoms with E-state index in [0.29, 0.717) is 13.1 Å². The van der Waals surface area contributed by atoms with Gasteiger partial charge < -0.3 is 10.6 Å². The standard InChI is InChI=1S/C16H25N3O/c1-3-9-18(2)12-16(20)19-10-14(15(17)11-19)13-7-5-4-6-8-13/h4-8,14-15H,3,9-12,17H2,1-2H3/t14-,15+/m0/s1. The van der Waals surface area contributed by atoms with Crippen molar-refractivity contribution in [1.82, 2.24) is 9.80 Å². The Morgan fingerprint density at radius 1 is 1.35 bits per heavy atom. The van der Waals surface area contributed by atoms with Crippen LogP contribution in [0.5, 0.6) is 0 Å². The van der Waals surface area contributed by atoms with E-state index >= 15 is 0 Å². The maximum Gasteiger partial charge on any atom is 0.236 e. The summed E-state index contributed by atoms with van der Waals surface area (Å²) in [6, 6.07) is 10.3. The lowest BCUT2D eigenvalue weighted by molar-refractivity contribution is -0.131. The van der Waals surface area contributed by atoms with Crippen LogP contribution in [0.3, 0.4) is 0 Å². The van der Waals surface area contributed by atoms with Crippen LogP contribution >= 0.6 is 0 Å². The van der Waals surface area contributed by atoms with Gasteiger partial charge >= 0.3 is 0 Å². The summed E-state index contributed by atoms with van der Waals surface area (Å²) in [6.45, 7) is 4.97. The SMILES string of the molecule is CCCN(C)CC(=O)N1C[C@@H](N)[C@H](c2ccccc2)C1. The summed E-state index contributed by atoms with van der Waals surface area (Å²) < 4.78 is 0. The Hall–Kier alpha value is -1.39. The molecule has 2 atom stereocenters. The zero-order chi connectivity index (χ0) is 14.5. The second kappa shape index (κ2) is 6.86. The van der Waals surface area contributed by atoms with Crippen molar-refractivity contribution >= 4 is 5.91 Å². The minimum Gasteiger partial charge on any atom is -0.339 e. The third-order valence-electron chi connectivity index (χ3n) is 3.96. The quantitative estimate of drug-likeness (QED) is 0.881. The Labute approximate surface area is 121 Å². The van der Waals surface area contributed by atoms with Crippen molar-refractivity contribution in [2.45, 2.75) is 25.3 Å². The fourth-order valence-corrected chi connectivity index (χ4v) is 2.88. The van der Waals surface area contributed by atoms with Crippen LogP contribution in [0.15, 0.2) is 30.3 Å². The van der Waals surface area contributed by atoms with Gasteiger partial charge in [-0.1, -0.05) is 37.3 Å². The van der Waals surface area contributed by atoms with Gasteiger partial charge in [0.2, 0.25) is 5.91 Å². The summed E-state index contributed by atoms with van der Waals surface area (Å²) in [7, 11) is 1.99. The first-order valence-electron chi connectivity index (χ1n) is 7.38. The van der Waals surface area contributed by atoms with Gasteiger partial charge in [-0.05, 0) is 25.6 Å². The number of amides is 1. The van der Waals surface area contributed by atoms with E-state index in [1.807, 2.05) is 30.1 Å². The first kappa shape index (κ1) is 15.0. The lowest BCUT2D eigenvalue weighted by Gasteiger charge is -2.21. The van der Waals surface area contributed by atoms with Crippen LogP contribution in [0.25, 0.3) is 0 Å². The number of hydrogen-bond donors (Lipinski definition) is 1. The monoisotopic (exact) mass is 275 g/mol. The normalized spacial score (nSPS) is 22.5. The molecule has 1 amide bonds. The number of likely N-dealkylation sites (N-methyl/N-ethyl adjacent to an activating group) is 1. The van der Waals surface area contributed by atoms with Gasteiger partial charge in [-0.3, -0.25) is 9.69 Å². The Balaban J connectivity index is 1.95. The molecule has 0 spiro atoms. The highest BCUT2D eigenvalue weighted by atomic mass is 16.2. The highest BCUT2D eigenvalue weighted by Crippen LogP contribution is 2.26. The van der Waals surface area contributed by atoms with Gasteiger partial charge in [-0.15, -0.1) is 0 Å². The Morgan fingerprint density at radius 2 is 2.05 bits per heavy atom. The molecule has 1 aromatic carbocycles. The number of hydrogen-bond acceptors (Lipinski definition) is 3. The highest BCUT2D eigenvalue weighted by Gasteiger charge is 2.33. The maximum atomic E-state index is 12.3. The van der Waals surface area contributed by atoms with Crippen molar-refractivity contribution in [3.05, 3.63) is 35.9 Å². The molecular weight excluding hydrogens is 250 g/mol. The summed E-state index contributed by atoms with van der Waals surface area (Å²) in [6.07, 6.45) is 1.07. The molecule has 1 saturated heterocycles. The fraction of sp³-hybridized carbons (Fsp3) is 0.562. The van der Waals surface area contributed by atoms with Crippen LogP contribution in [0, 0.1) is 0 Å². The van der Waals surface area contributed by atoms with E-state index in [0.717, 1.165) is 19.5 Å². The molecule has 4 nitrogen and oxygen atoms in total. The number of carbonyl (C=O) groups is 1. The molecule has 0 aromatic heterocycles. The van der Waals surface area contributed by atoms with Gasteiger partial charge in [0.25, 0.3) is 0 Å². The molecule has 4 heteroatoms. The third kappa shape index (κ3) is 3.58. The summed E-state index contributed by atoms with van der Waals surface area (Å²) in [5.74, 6) is 0.450. The van der Waals surface area contributed by atoms with Crippen molar-refractivity contribution < 1.29 is 4.79 Å². The predicted octanol–water partition coefficient (Wildman–Crippen LogP) is 1.28. The van der Waals surface area contributed by atoms with E-state index in [4.69, 9.17) is 5.73 Å². The first-order valence-corrected chi connectivity index (χ1v) is 7.38. The van der Waals surface area contributed by atoms with Gasteiger partial charge in [0.1, 0.15) is 0 Å². The topological polar surface area (TPSA) is 49.6 Å². The largest absolute Gasteiger partial charge is 0.339 e. The molecule has 1 aliphatic rings. The van der Waals surface area contributed by atoms with Gasteiger partial charge in [0.05, 0.1) is 6.54 Å². The van der Waals surface area contributed by atoms with Crippen molar-refractivity contribution in [2.75, 3.05) is 33.2 Å². The zero-order valence-corrected chi connectivity index (χ0v) is 12.5. The number of likely N-dealkylation sites (tertiary alicyclic amines) is 1. The first-order chi connectivity index (χ1) is 9.61. The zero-order valence-electron chi connectivity index (χ0n) is 12.5. The van der Waals surface area contributed by atoms with Crippen LogP contribution in [-0.4, -0.2) is 55.0 Å². The van der Waals surface area contributed by atoms with E-state index in [2.05, 4.69) is 24.0 Å². The summed E-state index contributed by atoms with van der Waals surface area (Å²) >= 11 is 0. The number of nitrogens with two attached hydrogens (primary N) is 1. The summed E-state index contributed by atoms with van der Waals surface area (Å²) in [4.78, 5) is 16.3. The van der Waals surface area contributed by atoms with E-state index in [1.54, 1.807) is 0 Å². The lowest BCUT2D eigenvalue weighted by Crippen LogP contribution is -2.39. The predicted molar refractivity (Wildman–Crippen MR) is 81.5 cm³/mol. The molecule has 0 radical (unpaired) electrons. The molecule has 1 heterocycles. The van der Waals surface area contributed by atoms with Crippen LogP contribution < -0.4 is 5.73 Å². The minimum absolute atomic E-state index is 0.0397. The maximum absolute atomic E-state index is 12.3. The van der Waals surface area contributed by atoms with Crippen molar-refractivity contribution in [2.24, 2.45) is 5.73 Å². The van der Waals surface area contributed by atoms with Gasteiger partial charge in [-0.25, -0.2) is 0 Å². The number of benzene rings is 1. The molecule has 110 valence electrons. The smallest absolute Gasteiger partial charge is 0.236 e. The number of nitrogens with zero attached hydrogens (tertiary/aromatic N) is 2. The van der Waals surface area contributed by atoms with Gasteiger partial charge in [0.15, 0.2) is 0 Å². The van der Waals surface area contributed by atoms with Crippen LogP contribution in [0.1, 0.15) is 24.8 Å². The molecule has 0 aliphatic carbocycles. The molecule has 2 rings (SSSR count). The van der Waals surface area contributed by atoms with Crippen molar-refractivity contribution in [3.8, 4) is 0 Å². The van der Waals surface area contributed by atoms with Gasteiger partial charge in [-0.2, -0.15) is 0 Å². The van der Waals surface area contributed by atoms with E-state index in [-0.39, 0.29) is 17.9 Å². The molecule has 0 unspecified atom stereocenters. The molecule has 1 aliphatic heterocycles. The number of carbonyl (C=O) groups excluding carboxylic acids is 1. The Bertz CT molecular complexity index is 435. The van der Waals surface area contributed by atoms with E-state index in [1.165, 1.54) is 5.56 Å². The second-order valence-corrected chi connectivity index (χ2v) is 5.72. The van der Waals surface area contributed by atoms with Crippen molar-refractivity contribution in [3.63, 3.8) is 0 Å². The second-order valence-electron chi connectivity index (χ2n) is 5.72. The highest BCUT2D eigenvalue weighted by molar-refractivity contribution is 5.78. The lowest BCUT2D eigenvalue weighted by atomic mass is 9.95. The average molecular weight is 275 g/mol. The minimum atomic E-state index is 0.0397. The Morgan fingerprint density at radius 3 is 2.70 bits per heavy atom. The third-order valence-corrected chi connectivity index (χ3v) is 3.96. The molecule has 1 aromatic rings. The average Bonchev–Trinajstić information content (AvgIpc) is 2.82. The van der Waals surface area contributed by atoms with Gasteiger partial charge in [0, 0.05) is 25.0 Å². The van der Waals surface area contributed by atoms with E-state index < -0.39 is 0 Å². The molecule has 0 bridgehead atoms. The van der Waals surface area contributed by atoms with Crippen LogP contribution in [-0.2, 0) is 4.79 Å². The molecule has 1 fully saturated rings.